The van der Waals surface area contributed by atoms with Crippen LogP contribution in [-0.4, -0.2) is 4.57 Å². The van der Waals surface area contributed by atoms with E-state index in [1.54, 1.807) is 36.0 Å². The number of hydrogen-bond acceptors (Lipinski definition) is 2. The average Bonchev–Trinajstić information content (AvgIpc) is 2.43. The van der Waals surface area contributed by atoms with E-state index in [-0.39, 0.29) is 11.6 Å². The molecule has 0 radical (unpaired) electrons. The molecule has 0 bridgehead atoms. The smallest absolute Gasteiger partial charge is 0.250 e. The third kappa shape index (κ3) is 3.35. The summed E-state index contributed by atoms with van der Waals surface area (Å²) in [5, 5.41) is 4.49. The molecule has 0 fully saturated rings. The number of benzene rings is 1. The van der Waals surface area contributed by atoms with Crippen molar-refractivity contribution in [2.75, 3.05) is 5.32 Å². The summed E-state index contributed by atoms with van der Waals surface area (Å²) in [6.45, 7) is 2.09. The van der Waals surface area contributed by atoms with Crippen molar-refractivity contribution in [3.8, 4) is 0 Å². The van der Waals surface area contributed by atoms with Gasteiger partial charge < -0.3 is 9.88 Å². The second-order valence-corrected chi connectivity index (χ2v) is 5.46. The number of hydrogen-bond donors (Lipinski definition) is 1. The Morgan fingerprint density at radius 3 is 2.55 bits per heavy atom. The molecule has 2 aromatic rings. The summed E-state index contributed by atoms with van der Waals surface area (Å²) in [7, 11) is 1.73. The summed E-state index contributed by atoms with van der Waals surface area (Å²) in [4.78, 5) is 11.4. The molecule has 1 aromatic carbocycles. The lowest BCUT2D eigenvalue weighted by Gasteiger charge is -2.19. The summed E-state index contributed by atoms with van der Waals surface area (Å²) in [5.74, 6) is 0. The van der Waals surface area contributed by atoms with E-state index in [4.69, 9.17) is 23.2 Å². The van der Waals surface area contributed by atoms with Crippen LogP contribution in [0.3, 0.4) is 0 Å². The molecule has 1 unspecified atom stereocenters. The van der Waals surface area contributed by atoms with Crippen molar-refractivity contribution in [3.63, 3.8) is 0 Å². The molecule has 0 aliphatic rings. The van der Waals surface area contributed by atoms with Crippen molar-refractivity contribution in [1.29, 1.82) is 0 Å². The molecule has 0 saturated carbocycles. The molecule has 1 aromatic heterocycles. The highest BCUT2D eigenvalue weighted by Gasteiger charge is 2.11. The summed E-state index contributed by atoms with van der Waals surface area (Å²) in [5.41, 5.74) is 1.93. The van der Waals surface area contributed by atoms with Gasteiger partial charge in [-0.15, -0.1) is 0 Å². The van der Waals surface area contributed by atoms with Crippen LogP contribution in [0.4, 0.5) is 5.69 Å². The number of rotatable bonds is 4. The van der Waals surface area contributed by atoms with Crippen LogP contribution >= 0.6 is 23.2 Å². The van der Waals surface area contributed by atoms with Crippen LogP contribution in [-0.2, 0) is 7.05 Å². The second-order valence-electron chi connectivity index (χ2n) is 4.65. The van der Waals surface area contributed by atoms with Gasteiger partial charge in [0.15, 0.2) is 0 Å². The lowest BCUT2D eigenvalue weighted by molar-refractivity contribution is 0.744. The van der Waals surface area contributed by atoms with Crippen molar-refractivity contribution in [2.24, 2.45) is 7.05 Å². The van der Waals surface area contributed by atoms with Crippen LogP contribution in [0, 0.1) is 0 Å². The first kappa shape index (κ1) is 14.9. The highest BCUT2D eigenvalue weighted by Crippen LogP contribution is 2.28. The average molecular weight is 311 g/mol. The molecule has 1 heterocycles. The van der Waals surface area contributed by atoms with E-state index in [0.29, 0.717) is 10.0 Å². The van der Waals surface area contributed by atoms with Crippen LogP contribution in [0.2, 0.25) is 10.0 Å². The minimum absolute atomic E-state index is 0.0295. The van der Waals surface area contributed by atoms with Gasteiger partial charge in [0.25, 0.3) is 0 Å². The molecule has 0 saturated heterocycles. The molecule has 0 spiro atoms. The van der Waals surface area contributed by atoms with Gasteiger partial charge in [0.1, 0.15) is 0 Å². The van der Waals surface area contributed by atoms with E-state index in [2.05, 4.69) is 12.2 Å². The zero-order valence-corrected chi connectivity index (χ0v) is 12.9. The molecule has 0 aliphatic heterocycles. The third-order valence-electron chi connectivity index (χ3n) is 3.18. The monoisotopic (exact) mass is 310 g/mol. The number of nitrogens with one attached hydrogen (secondary N) is 1. The summed E-state index contributed by atoms with van der Waals surface area (Å²) in [6.07, 6.45) is 2.67. The molecule has 3 nitrogen and oxygen atoms in total. The number of halogens is 2. The number of pyridine rings is 1. The SMILES string of the molecule is CCC(Nc1ccc(=O)n(C)c1)c1ccc(Cl)c(Cl)c1. The second kappa shape index (κ2) is 6.33. The van der Waals surface area contributed by atoms with Crippen molar-refractivity contribution in [1.82, 2.24) is 4.57 Å². The van der Waals surface area contributed by atoms with Crippen molar-refractivity contribution < 1.29 is 0 Å². The van der Waals surface area contributed by atoms with E-state index in [1.807, 2.05) is 12.1 Å². The summed E-state index contributed by atoms with van der Waals surface area (Å²) >= 11 is 12.0. The quantitative estimate of drug-likeness (QED) is 0.915. The van der Waals surface area contributed by atoms with E-state index >= 15 is 0 Å². The van der Waals surface area contributed by atoms with Crippen molar-refractivity contribution in [2.45, 2.75) is 19.4 Å². The third-order valence-corrected chi connectivity index (χ3v) is 3.92. The van der Waals surface area contributed by atoms with Gasteiger partial charge in [0.05, 0.1) is 21.8 Å². The lowest BCUT2D eigenvalue weighted by Crippen LogP contribution is -2.17. The van der Waals surface area contributed by atoms with Gasteiger partial charge in [-0.3, -0.25) is 4.79 Å². The van der Waals surface area contributed by atoms with Crippen LogP contribution in [0.25, 0.3) is 0 Å². The van der Waals surface area contributed by atoms with Gasteiger partial charge >= 0.3 is 0 Å². The van der Waals surface area contributed by atoms with Gasteiger partial charge in [-0.1, -0.05) is 36.2 Å². The standard InChI is InChI=1S/C15H16Cl2N2O/c1-3-14(10-4-6-12(16)13(17)8-10)18-11-5-7-15(20)19(2)9-11/h4-9,14,18H,3H2,1-2H3. The maximum atomic E-state index is 11.4. The maximum Gasteiger partial charge on any atom is 0.250 e. The number of anilines is 1. The van der Waals surface area contributed by atoms with Gasteiger partial charge in [-0.2, -0.15) is 0 Å². The summed E-state index contributed by atoms with van der Waals surface area (Å²) in [6, 6.07) is 9.06. The number of aromatic nitrogens is 1. The lowest BCUT2D eigenvalue weighted by atomic mass is 10.0. The Balaban J connectivity index is 2.25. The van der Waals surface area contributed by atoms with Crippen LogP contribution in [0.15, 0.2) is 41.3 Å². The highest BCUT2D eigenvalue weighted by molar-refractivity contribution is 6.42. The van der Waals surface area contributed by atoms with Crippen LogP contribution in [0.1, 0.15) is 24.9 Å². The fraction of sp³-hybridized carbons (Fsp3) is 0.267. The van der Waals surface area contributed by atoms with Gasteiger partial charge in [-0.05, 0) is 30.2 Å². The Kier molecular flexibility index (Phi) is 4.73. The molecule has 5 heteroatoms. The van der Waals surface area contributed by atoms with Gasteiger partial charge in [0, 0.05) is 19.3 Å². The Bertz CT molecular complexity index is 667. The first-order valence-electron chi connectivity index (χ1n) is 6.39. The molecule has 1 atom stereocenters. The Morgan fingerprint density at radius 1 is 1.20 bits per heavy atom. The van der Waals surface area contributed by atoms with E-state index in [0.717, 1.165) is 17.7 Å². The zero-order valence-electron chi connectivity index (χ0n) is 11.4. The van der Waals surface area contributed by atoms with Gasteiger partial charge in [-0.25, -0.2) is 0 Å². The minimum Gasteiger partial charge on any atom is -0.377 e. The topological polar surface area (TPSA) is 34.0 Å². The molecule has 1 N–H and O–H groups in total. The molecular weight excluding hydrogens is 295 g/mol. The number of nitrogens with zero attached hydrogens (tertiary/aromatic N) is 1. The molecule has 0 aliphatic carbocycles. The van der Waals surface area contributed by atoms with E-state index in [9.17, 15) is 4.79 Å². The summed E-state index contributed by atoms with van der Waals surface area (Å²) < 4.78 is 1.55. The molecule has 20 heavy (non-hydrogen) atoms. The molecule has 106 valence electrons. The zero-order chi connectivity index (χ0) is 14.7. The van der Waals surface area contributed by atoms with Crippen molar-refractivity contribution >= 4 is 28.9 Å². The Hall–Kier alpha value is -1.45. The predicted octanol–water partition coefficient (Wildman–Crippen LogP) is 4.26. The molecule has 2 rings (SSSR count). The maximum absolute atomic E-state index is 11.4. The highest BCUT2D eigenvalue weighted by atomic mass is 35.5. The van der Waals surface area contributed by atoms with Gasteiger partial charge in [0.2, 0.25) is 5.56 Å². The fourth-order valence-corrected chi connectivity index (χ4v) is 2.34. The first-order valence-corrected chi connectivity index (χ1v) is 7.15. The largest absolute Gasteiger partial charge is 0.377 e. The van der Waals surface area contributed by atoms with E-state index in [1.165, 1.54) is 0 Å². The minimum atomic E-state index is -0.0295. The van der Waals surface area contributed by atoms with Crippen LogP contribution < -0.4 is 10.9 Å². The van der Waals surface area contributed by atoms with Crippen LogP contribution in [0.5, 0.6) is 0 Å². The predicted molar refractivity (Wildman–Crippen MR) is 84.8 cm³/mol. The fourth-order valence-electron chi connectivity index (χ4n) is 2.03. The van der Waals surface area contributed by atoms with E-state index < -0.39 is 0 Å². The molecule has 0 amide bonds. The normalized spacial score (nSPS) is 12.2. The Morgan fingerprint density at radius 2 is 1.95 bits per heavy atom. The first-order chi connectivity index (χ1) is 9.51. The number of aryl methyl sites for hydroxylation is 1. The Labute approximate surface area is 128 Å². The molecular formula is C15H16Cl2N2O. The van der Waals surface area contributed by atoms with Crippen molar-refractivity contribution in [3.05, 3.63) is 62.5 Å².